The summed E-state index contributed by atoms with van der Waals surface area (Å²) in [5, 5.41) is 4.37. The minimum atomic E-state index is -0.315. The third-order valence-corrected chi connectivity index (χ3v) is 3.29. The Labute approximate surface area is 118 Å². The summed E-state index contributed by atoms with van der Waals surface area (Å²) in [6.45, 7) is 8.16. The molecule has 0 bridgehead atoms. The van der Waals surface area contributed by atoms with Crippen LogP contribution in [0.2, 0.25) is 0 Å². The van der Waals surface area contributed by atoms with Gasteiger partial charge in [0.2, 0.25) is 5.91 Å². The first-order chi connectivity index (χ1) is 9.38. The van der Waals surface area contributed by atoms with Crippen LogP contribution >= 0.6 is 0 Å². The number of nitrogens with zero attached hydrogens (tertiary/aromatic N) is 4. The standard InChI is InChI=1S/C14H21N5O/c1-9-6-11(3)19(17-9)12(4)14(20)18(5)8-13-15-7-10(2)16-13/h6-7,12H,8H2,1-5H3,(H,15,16)/t12-/m0/s1. The molecule has 0 saturated carbocycles. The van der Waals surface area contributed by atoms with E-state index in [1.165, 1.54) is 0 Å². The number of hydrogen-bond donors (Lipinski definition) is 1. The number of imidazole rings is 1. The van der Waals surface area contributed by atoms with Crippen molar-refractivity contribution in [2.75, 3.05) is 7.05 Å². The number of hydrogen-bond acceptors (Lipinski definition) is 3. The molecule has 1 atom stereocenters. The lowest BCUT2D eigenvalue weighted by Gasteiger charge is -2.21. The van der Waals surface area contributed by atoms with Gasteiger partial charge in [-0.3, -0.25) is 9.48 Å². The van der Waals surface area contributed by atoms with Crippen molar-refractivity contribution < 1.29 is 4.79 Å². The minimum Gasteiger partial charge on any atom is -0.345 e. The second-order valence-corrected chi connectivity index (χ2v) is 5.25. The van der Waals surface area contributed by atoms with E-state index in [9.17, 15) is 4.79 Å². The largest absolute Gasteiger partial charge is 0.345 e. The van der Waals surface area contributed by atoms with Gasteiger partial charge >= 0.3 is 0 Å². The molecule has 0 radical (unpaired) electrons. The minimum absolute atomic E-state index is 0.0188. The van der Waals surface area contributed by atoms with Gasteiger partial charge in [0, 0.05) is 24.6 Å². The summed E-state index contributed by atoms with van der Waals surface area (Å²) in [6, 6.07) is 1.66. The number of rotatable bonds is 4. The average molecular weight is 275 g/mol. The molecule has 1 amide bonds. The molecule has 108 valence electrons. The Kier molecular flexibility index (Phi) is 3.92. The summed E-state index contributed by atoms with van der Waals surface area (Å²) < 4.78 is 1.77. The highest BCUT2D eigenvalue weighted by molar-refractivity contribution is 5.79. The first-order valence-electron chi connectivity index (χ1n) is 6.66. The molecule has 2 rings (SSSR count). The number of amides is 1. The van der Waals surface area contributed by atoms with Crippen LogP contribution in [0.5, 0.6) is 0 Å². The Morgan fingerprint density at radius 1 is 1.45 bits per heavy atom. The van der Waals surface area contributed by atoms with Gasteiger partial charge in [0.25, 0.3) is 0 Å². The van der Waals surface area contributed by atoms with E-state index in [1.54, 1.807) is 22.8 Å². The fourth-order valence-corrected chi connectivity index (χ4v) is 2.31. The van der Waals surface area contributed by atoms with Crippen molar-refractivity contribution >= 4 is 5.91 Å². The Morgan fingerprint density at radius 3 is 2.65 bits per heavy atom. The van der Waals surface area contributed by atoms with Crippen LogP contribution in [0.1, 0.15) is 35.9 Å². The van der Waals surface area contributed by atoms with Crippen molar-refractivity contribution in [1.29, 1.82) is 0 Å². The third-order valence-electron chi connectivity index (χ3n) is 3.29. The highest BCUT2D eigenvalue weighted by Crippen LogP contribution is 2.14. The van der Waals surface area contributed by atoms with Crippen LogP contribution in [0.4, 0.5) is 0 Å². The van der Waals surface area contributed by atoms with Crippen molar-refractivity contribution in [3.63, 3.8) is 0 Å². The molecule has 2 heterocycles. The number of H-pyrrole nitrogens is 1. The lowest BCUT2D eigenvalue weighted by molar-refractivity contribution is -0.133. The lowest BCUT2D eigenvalue weighted by Crippen LogP contribution is -2.33. The van der Waals surface area contributed by atoms with Crippen molar-refractivity contribution in [2.45, 2.75) is 40.3 Å². The molecule has 0 unspecified atom stereocenters. The first-order valence-corrected chi connectivity index (χ1v) is 6.66. The van der Waals surface area contributed by atoms with Gasteiger partial charge in [-0.15, -0.1) is 0 Å². The van der Waals surface area contributed by atoms with Gasteiger partial charge in [-0.25, -0.2) is 4.98 Å². The molecule has 0 aliphatic carbocycles. The highest BCUT2D eigenvalue weighted by Gasteiger charge is 2.22. The molecule has 2 aromatic rings. The van der Waals surface area contributed by atoms with Crippen LogP contribution in [-0.4, -0.2) is 37.6 Å². The molecule has 6 nitrogen and oxygen atoms in total. The predicted octanol–water partition coefficient (Wildman–Crippen LogP) is 1.75. The number of likely N-dealkylation sites (N-methyl/N-ethyl adjacent to an activating group) is 1. The molecule has 6 heteroatoms. The van der Waals surface area contributed by atoms with E-state index >= 15 is 0 Å². The lowest BCUT2D eigenvalue weighted by atomic mass is 10.3. The Morgan fingerprint density at radius 2 is 2.15 bits per heavy atom. The summed E-state index contributed by atoms with van der Waals surface area (Å²) in [5.74, 6) is 0.809. The van der Waals surface area contributed by atoms with E-state index in [2.05, 4.69) is 15.1 Å². The van der Waals surface area contributed by atoms with E-state index in [4.69, 9.17) is 0 Å². The number of nitrogens with one attached hydrogen (secondary N) is 1. The zero-order chi connectivity index (χ0) is 14.9. The second-order valence-electron chi connectivity index (χ2n) is 5.25. The summed E-state index contributed by atoms with van der Waals surface area (Å²) in [4.78, 5) is 21.5. The first kappa shape index (κ1) is 14.3. The zero-order valence-electron chi connectivity index (χ0n) is 12.6. The Balaban J connectivity index is 2.08. The third kappa shape index (κ3) is 2.89. The van der Waals surface area contributed by atoms with Gasteiger partial charge in [0.1, 0.15) is 11.9 Å². The van der Waals surface area contributed by atoms with Crippen LogP contribution in [-0.2, 0) is 11.3 Å². The molecule has 20 heavy (non-hydrogen) atoms. The van der Waals surface area contributed by atoms with Crippen molar-refractivity contribution in [3.8, 4) is 0 Å². The molecule has 0 aliphatic rings. The van der Waals surface area contributed by atoms with Crippen molar-refractivity contribution in [3.05, 3.63) is 35.2 Å². The maximum absolute atomic E-state index is 12.4. The SMILES string of the molecule is Cc1cc(C)n([C@@H](C)C(=O)N(C)Cc2ncc(C)[nH]2)n1. The van der Waals surface area contributed by atoms with Crippen LogP contribution in [0.3, 0.4) is 0 Å². The van der Waals surface area contributed by atoms with Crippen molar-refractivity contribution in [2.24, 2.45) is 0 Å². The molecule has 0 aromatic carbocycles. The van der Waals surface area contributed by atoms with E-state index in [0.29, 0.717) is 6.54 Å². The van der Waals surface area contributed by atoms with Gasteiger partial charge in [0.05, 0.1) is 12.2 Å². The monoisotopic (exact) mass is 275 g/mol. The van der Waals surface area contributed by atoms with E-state index in [-0.39, 0.29) is 11.9 Å². The van der Waals surface area contributed by atoms with Crippen LogP contribution in [0.25, 0.3) is 0 Å². The van der Waals surface area contributed by atoms with Gasteiger partial charge < -0.3 is 9.88 Å². The summed E-state index contributed by atoms with van der Waals surface area (Å²) in [6.07, 6.45) is 1.76. The van der Waals surface area contributed by atoms with Crippen LogP contribution in [0, 0.1) is 20.8 Å². The maximum atomic E-state index is 12.4. The van der Waals surface area contributed by atoms with E-state index in [0.717, 1.165) is 22.9 Å². The second kappa shape index (κ2) is 5.48. The average Bonchev–Trinajstić information content (AvgIpc) is 2.93. The topological polar surface area (TPSA) is 66.8 Å². The van der Waals surface area contributed by atoms with Crippen LogP contribution in [0.15, 0.2) is 12.3 Å². The molecule has 2 aromatic heterocycles. The maximum Gasteiger partial charge on any atom is 0.247 e. The molecule has 0 saturated heterocycles. The van der Waals surface area contributed by atoms with Gasteiger partial charge in [-0.2, -0.15) is 5.10 Å². The molecular formula is C14H21N5O. The normalized spacial score (nSPS) is 12.4. The summed E-state index contributed by atoms with van der Waals surface area (Å²) in [5.41, 5.74) is 2.91. The molecule has 0 aliphatic heterocycles. The van der Waals surface area contributed by atoms with Gasteiger partial charge in [0.15, 0.2) is 0 Å². The van der Waals surface area contributed by atoms with Gasteiger partial charge in [-0.05, 0) is 33.8 Å². The quantitative estimate of drug-likeness (QED) is 0.924. The van der Waals surface area contributed by atoms with Gasteiger partial charge in [-0.1, -0.05) is 0 Å². The smallest absolute Gasteiger partial charge is 0.247 e. The highest BCUT2D eigenvalue weighted by atomic mass is 16.2. The number of aryl methyl sites for hydroxylation is 3. The van der Waals surface area contributed by atoms with Crippen LogP contribution < -0.4 is 0 Å². The fourth-order valence-electron chi connectivity index (χ4n) is 2.31. The fraction of sp³-hybridized carbons (Fsp3) is 0.500. The summed E-state index contributed by atoms with van der Waals surface area (Å²) in [7, 11) is 1.78. The molecule has 0 fully saturated rings. The molecule has 1 N–H and O–H groups in total. The summed E-state index contributed by atoms with van der Waals surface area (Å²) >= 11 is 0. The Bertz CT molecular complexity index is 613. The number of carbonyl (C=O) groups is 1. The number of aromatic nitrogens is 4. The van der Waals surface area contributed by atoms with Crippen molar-refractivity contribution in [1.82, 2.24) is 24.6 Å². The Hall–Kier alpha value is -2.11. The number of carbonyl (C=O) groups excluding carboxylic acids is 1. The number of aromatic amines is 1. The molecular weight excluding hydrogens is 254 g/mol. The van der Waals surface area contributed by atoms with E-state index in [1.807, 2.05) is 33.8 Å². The zero-order valence-corrected chi connectivity index (χ0v) is 12.6. The predicted molar refractivity (Wildman–Crippen MR) is 76.2 cm³/mol. The molecule has 0 spiro atoms. The van der Waals surface area contributed by atoms with E-state index < -0.39 is 0 Å².